The maximum absolute atomic E-state index is 11.9. The van der Waals surface area contributed by atoms with Gasteiger partial charge < -0.3 is 15.0 Å². The number of carbonyl (C=O) groups is 1. The van der Waals surface area contributed by atoms with Crippen LogP contribution in [-0.2, 0) is 11.3 Å². The first-order chi connectivity index (χ1) is 9.22. The Morgan fingerprint density at radius 3 is 3.05 bits per heavy atom. The Bertz CT molecular complexity index is 555. The molecule has 3 rings (SSSR count). The van der Waals surface area contributed by atoms with Crippen molar-refractivity contribution in [1.82, 2.24) is 24.8 Å². The van der Waals surface area contributed by atoms with Crippen LogP contribution in [0, 0.1) is 6.92 Å². The predicted octanol–water partition coefficient (Wildman–Crippen LogP) is 0.641. The van der Waals surface area contributed by atoms with E-state index in [1.54, 1.807) is 9.42 Å². The molecule has 2 aromatic rings. The highest BCUT2D eigenvalue weighted by atomic mass is 32.1. The number of nitrogens with one attached hydrogen (secondary N) is 1. The van der Waals surface area contributed by atoms with Crippen LogP contribution in [0.5, 0.6) is 0 Å². The maximum Gasteiger partial charge on any atom is 0.317 e. The first-order valence-electron chi connectivity index (χ1n) is 6.14. The van der Waals surface area contributed by atoms with E-state index in [4.69, 9.17) is 4.74 Å². The van der Waals surface area contributed by atoms with Crippen molar-refractivity contribution in [2.24, 2.45) is 0 Å². The van der Waals surface area contributed by atoms with Crippen LogP contribution in [0.25, 0.3) is 4.96 Å². The number of hydrogen-bond acceptors (Lipinski definition) is 5. The summed E-state index contributed by atoms with van der Waals surface area (Å²) in [6, 6.07) is -0.0627. The molecule has 2 aromatic heterocycles. The molecule has 0 radical (unpaired) electrons. The zero-order valence-electron chi connectivity index (χ0n) is 10.6. The highest BCUT2D eigenvalue weighted by Crippen LogP contribution is 2.14. The Hall–Kier alpha value is -1.67. The van der Waals surface area contributed by atoms with E-state index >= 15 is 0 Å². The SMILES string of the molecule is Cc1cn2nc(CNC(=O)N3CCOCC3)sc2n1. The van der Waals surface area contributed by atoms with Gasteiger partial charge in [0.25, 0.3) is 0 Å². The molecule has 0 atom stereocenters. The standard InChI is InChI=1S/C11H15N5O2S/c1-8-7-16-11(13-8)19-9(14-16)6-12-10(17)15-2-4-18-5-3-15/h7H,2-6H2,1H3,(H,12,17). The van der Waals surface area contributed by atoms with Crippen LogP contribution in [0.3, 0.4) is 0 Å². The van der Waals surface area contributed by atoms with E-state index in [-0.39, 0.29) is 6.03 Å². The van der Waals surface area contributed by atoms with Gasteiger partial charge in [-0.3, -0.25) is 0 Å². The van der Waals surface area contributed by atoms with Gasteiger partial charge in [-0.15, -0.1) is 0 Å². The molecule has 0 aliphatic carbocycles. The molecule has 0 spiro atoms. The number of fused-ring (bicyclic) bond motifs is 1. The Kier molecular flexibility index (Phi) is 3.34. The topological polar surface area (TPSA) is 71.8 Å². The largest absolute Gasteiger partial charge is 0.378 e. The molecule has 1 aliphatic rings. The van der Waals surface area contributed by atoms with Gasteiger partial charge in [0.2, 0.25) is 4.96 Å². The lowest BCUT2D eigenvalue weighted by atomic mass is 10.4. The van der Waals surface area contributed by atoms with Gasteiger partial charge in [-0.05, 0) is 6.92 Å². The third kappa shape index (κ3) is 2.69. The first-order valence-corrected chi connectivity index (χ1v) is 6.96. The van der Waals surface area contributed by atoms with E-state index < -0.39 is 0 Å². The summed E-state index contributed by atoms with van der Waals surface area (Å²) in [5.41, 5.74) is 0.947. The second-order valence-corrected chi connectivity index (χ2v) is 5.40. The molecule has 7 nitrogen and oxygen atoms in total. The molecule has 19 heavy (non-hydrogen) atoms. The molecule has 0 bridgehead atoms. The van der Waals surface area contributed by atoms with Crippen molar-refractivity contribution in [2.75, 3.05) is 26.3 Å². The van der Waals surface area contributed by atoms with Crippen LogP contribution in [0.15, 0.2) is 6.20 Å². The zero-order chi connectivity index (χ0) is 13.2. The number of morpholine rings is 1. The number of imidazole rings is 1. The number of rotatable bonds is 2. The number of amides is 2. The molecule has 1 fully saturated rings. The monoisotopic (exact) mass is 281 g/mol. The van der Waals surface area contributed by atoms with E-state index in [1.165, 1.54) is 11.3 Å². The van der Waals surface area contributed by atoms with Crippen LogP contribution in [0.2, 0.25) is 0 Å². The van der Waals surface area contributed by atoms with Gasteiger partial charge in [0.1, 0.15) is 5.01 Å². The molecule has 8 heteroatoms. The average Bonchev–Trinajstić information content (AvgIpc) is 2.93. The van der Waals surface area contributed by atoms with Crippen LogP contribution in [0.4, 0.5) is 4.79 Å². The maximum atomic E-state index is 11.9. The molecule has 0 unspecified atom stereocenters. The summed E-state index contributed by atoms with van der Waals surface area (Å²) >= 11 is 1.49. The normalized spacial score (nSPS) is 15.9. The number of ether oxygens (including phenoxy) is 1. The van der Waals surface area contributed by atoms with Gasteiger partial charge in [-0.1, -0.05) is 11.3 Å². The van der Waals surface area contributed by atoms with E-state index in [0.29, 0.717) is 32.8 Å². The molecule has 1 aliphatic heterocycles. The Morgan fingerprint density at radius 1 is 1.53 bits per heavy atom. The van der Waals surface area contributed by atoms with Gasteiger partial charge in [0.05, 0.1) is 31.6 Å². The fourth-order valence-corrected chi connectivity index (χ4v) is 2.81. The number of carbonyl (C=O) groups excluding carboxylic acids is 1. The second kappa shape index (κ2) is 5.14. The van der Waals surface area contributed by atoms with Crippen molar-refractivity contribution in [3.63, 3.8) is 0 Å². The van der Waals surface area contributed by atoms with E-state index in [0.717, 1.165) is 15.7 Å². The van der Waals surface area contributed by atoms with Crippen molar-refractivity contribution in [2.45, 2.75) is 13.5 Å². The smallest absolute Gasteiger partial charge is 0.317 e. The van der Waals surface area contributed by atoms with Crippen molar-refractivity contribution >= 4 is 22.3 Å². The fourth-order valence-electron chi connectivity index (χ4n) is 1.95. The summed E-state index contributed by atoms with van der Waals surface area (Å²) in [7, 11) is 0. The van der Waals surface area contributed by atoms with Crippen molar-refractivity contribution in [3.8, 4) is 0 Å². The Balaban J connectivity index is 1.58. The molecule has 2 amide bonds. The quantitative estimate of drug-likeness (QED) is 0.877. The second-order valence-electron chi connectivity index (χ2n) is 4.36. The van der Waals surface area contributed by atoms with Crippen LogP contribution in [-0.4, -0.2) is 51.8 Å². The zero-order valence-corrected chi connectivity index (χ0v) is 11.4. The van der Waals surface area contributed by atoms with Crippen LogP contribution >= 0.6 is 11.3 Å². The fraction of sp³-hybridized carbons (Fsp3) is 0.545. The van der Waals surface area contributed by atoms with Crippen molar-refractivity contribution in [3.05, 3.63) is 16.9 Å². The minimum atomic E-state index is -0.0627. The third-order valence-electron chi connectivity index (χ3n) is 2.89. The minimum absolute atomic E-state index is 0.0627. The highest BCUT2D eigenvalue weighted by molar-refractivity contribution is 7.16. The van der Waals surface area contributed by atoms with Crippen LogP contribution < -0.4 is 5.32 Å². The van der Waals surface area contributed by atoms with E-state index in [2.05, 4.69) is 15.4 Å². The summed E-state index contributed by atoms with van der Waals surface area (Å²) < 4.78 is 6.96. The lowest BCUT2D eigenvalue weighted by Crippen LogP contribution is -2.45. The summed E-state index contributed by atoms with van der Waals surface area (Å²) in [5.74, 6) is 0. The predicted molar refractivity (Wildman–Crippen MR) is 70.2 cm³/mol. The Labute approximate surface area is 114 Å². The number of hydrogen-bond donors (Lipinski definition) is 1. The number of aromatic nitrogens is 3. The van der Waals surface area contributed by atoms with E-state index in [1.807, 2.05) is 13.1 Å². The van der Waals surface area contributed by atoms with Gasteiger partial charge in [-0.2, -0.15) is 5.10 Å². The molecular formula is C11H15N5O2S. The summed E-state index contributed by atoms with van der Waals surface area (Å²) in [6.07, 6.45) is 1.87. The number of nitrogens with zero attached hydrogens (tertiary/aromatic N) is 4. The molecular weight excluding hydrogens is 266 g/mol. The van der Waals surface area contributed by atoms with Gasteiger partial charge in [0.15, 0.2) is 0 Å². The summed E-state index contributed by atoms with van der Waals surface area (Å²) in [5, 5.41) is 8.09. The van der Waals surface area contributed by atoms with Crippen molar-refractivity contribution in [1.29, 1.82) is 0 Å². The molecule has 1 saturated heterocycles. The van der Waals surface area contributed by atoms with Gasteiger partial charge >= 0.3 is 6.03 Å². The van der Waals surface area contributed by atoms with Gasteiger partial charge in [0, 0.05) is 13.1 Å². The number of urea groups is 1. The lowest BCUT2D eigenvalue weighted by Gasteiger charge is -2.26. The average molecular weight is 281 g/mol. The molecule has 102 valence electrons. The molecule has 0 aromatic carbocycles. The van der Waals surface area contributed by atoms with Crippen LogP contribution in [0.1, 0.15) is 10.7 Å². The lowest BCUT2D eigenvalue weighted by molar-refractivity contribution is 0.0531. The van der Waals surface area contributed by atoms with E-state index in [9.17, 15) is 4.79 Å². The highest BCUT2D eigenvalue weighted by Gasteiger charge is 2.16. The van der Waals surface area contributed by atoms with Crippen molar-refractivity contribution < 1.29 is 9.53 Å². The molecule has 1 N–H and O–H groups in total. The minimum Gasteiger partial charge on any atom is -0.378 e. The van der Waals surface area contributed by atoms with Gasteiger partial charge in [-0.25, -0.2) is 14.3 Å². The summed E-state index contributed by atoms with van der Waals surface area (Å²) in [4.78, 5) is 18.8. The molecule has 3 heterocycles. The third-order valence-corrected chi connectivity index (χ3v) is 3.82. The Morgan fingerprint density at radius 2 is 2.32 bits per heavy atom. The number of aryl methyl sites for hydroxylation is 1. The summed E-state index contributed by atoms with van der Waals surface area (Å²) in [6.45, 7) is 4.87. The molecule has 0 saturated carbocycles. The first kappa shape index (κ1) is 12.4.